The van der Waals surface area contributed by atoms with Crippen molar-refractivity contribution in [1.82, 2.24) is 5.48 Å². The van der Waals surface area contributed by atoms with Gasteiger partial charge in [0.05, 0.1) is 0 Å². The molecule has 0 aromatic carbocycles. The molecule has 0 aliphatic rings. The first-order valence-corrected chi connectivity index (χ1v) is 6.22. The molecule has 0 heterocycles. The Morgan fingerprint density at radius 1 is 0.938 bits per heavy atom. The van der Waals surface area contributed by atoms with Gasteiger partial charge in [-0.25, -0.2) is 0 Å². The Labute approximate surface area is 122 Å². The van der Waals surface area contributed by atoms with Crippen LogP contribution in [-0.4, -0.2) is 5.91 Å². The van der Waals surface area contributed by atoms with Crippen LogP contribution in [0.5, 0.6) is 0 Å². The van der Waals surface area contributed by atoms with Gasteiger partial charge in [0.2, 0.25) is 5.91 Å². The van der Waals surface area contributed by atoms with Gasteiger partial charge in [0, 0.05) is 6.42 Å². The van der Waals surface area contributed by atoms with Gasteiger partial charge in [-0.3, -0.25) is 4.79 Å². The van der Waals surface area contributed by atoms with Crippen molar-refractivity contribution in [2.24, 2.45) is 0 Å². The molecule has 0 saturated heterocycles. The SMILES string of the molecule is CCCCCCCCCCCC(=O)N[O-].[Na+]. The monoisotopic (exact) mass is 237 g/mol. The largest absolute Gasteiger partial charge is 1.00 e. The van der Waals surface area contributed by atoms with Gasteiger partial charge in [-0.15, -0.1) is 0 Å². The van der Waals surface area contributed by atoms with E-state index in [1.807, 2.05) is 0 Å². The van der Waals surface area contributed by atoms with Crippen molar-refractivity contribution in [3.63, 3.8) is 0 Å². The predicted molar refractivity (Wildman–Crippen MR) is 63.4 cm³/mol. The molecule has 0 atom stereocenters. The Balaban J connectivity index is 0. The average molecular weight is 237 g/mol. The predicted octanol–water partition coefficient (Wildman–Crippen LogP) is 0.525. The Morgan fingerprint density at radius 3 is 1.81 bits per heavy atom. The molecule has 3 nitrogen and oxygen atoms in total. The second-order valence-corrected chi connectivity index (χ2v) is 4.10. The topological polar surface area (TPSA) is 52.2 Å². The van der Waals surface area contributed by atoms with Gasteiger partial charge in [0.25, 0.3) is 0 Å². The van der Waals surface area contributed by atoms with Crippen molar-refractivity contribution < 1.29 is 34.4 Å². The molecule has 0 unspecified atom stereocenters. The molecule has 1 amide bonds. The summed E-state index contributed by atoms with van der Waals surface area (Å²) < 4.78 is 0. The van der Waals surface area contributed by atoms with Gasteiger partial charge in [-0.2, -0.15) is 0 Å². The van der Waals surface area contributed by atoms with Gasteiger partial charge < -0.3 is 10.7 Å². The number of rotatable bonds is 10. The summed E-state index contributed by atoms with van der Waals surface area (Å²) >= 11 is 0. The summed E-state index contributed by atoms with van der Waals surface area (Å²) in [5.74, 6) is -0.377. The molecule has 4 heteroatoms. The molecule has 0 bridgehead atoms. The third-order valence-electron chi connectivity index (χ3n) is 2.62. The van der Waals surface area contributed by atoms with Crippen LogP contribution in [0, 0.1) is 5.21 Å². The molecular formula is C12H24NNaO2. The molecule has 0 aliphatic heterocycles. The zero-order chi connectivity index (χ0) is 11.4. The minimum absolute atomic E-state index is 0. The standard InChI is InChI=1S/C12H24NO2.Na/c1-2-3-4-5-6-7-8-9-10-11-12(14)13-15;/h2-11H2,1H3,(H-,13,14,15);/q-1;+1. The first-order valence-electron chi connectivity index (χ1n) is 6.22. The summed E-state index contributed by atoms with van der Waals surface area (Å²) in [4.78, 5) is 10.6. The zero-order valence-electron chi connectivity index (χ0n) is 10.9. The third-order valence-corrected chi connectivity index (χ3v) is 2.62. The maximum Gasteiger partial charge on any atom is 1.00 e. The van der Waals surface area contributed by atoms with Crippen molar-refractivity contribution in [2.45, 2.75) is 71.1 Å². The zero-order valence-corrected chi connectivity index (χ0v) is 12.9. The molecule has 0 aliphatic carbocycles. The molecule has 0 aromatic rings. The number of hydrogen-bond acceptors (Lipinski definition) is 2. The Bertz CT molecular complexity index is 154. The van der Waals surface area contributed by atoms with E-state index in [4.69, 9.17) is 0 Å². The molecule has 0 rings (SSSR count). The van der Waals surface area contributed by atoms with Crippen molar-refractivity contribution in [1.29, 1.82) is 0 Å². The molecule has 0 spiro atoms. The maximum absolute atomic E-state index is 10.6. The number of hydroxylamine groups is 1. The van der Waals surface area contributed by atoms with E-state index in [9.17, 15) is 10.0 Å². The van der Waals surface area contributed by atoms with Crippen LogP contribution in [0.3, 0.4) is 0 Å². The minimum atomic E-state index is -0.377. The van der Waals surface area contributed by atoms with E-state index in [0.29, 0.717) is 6.42 Å². The van der Waals surface area contributed by atoms with E-state index in [1.54, 1.807) is 0 Å². The first-order chi connectivity index (χ1) is 7.31. The molecule has 0 aromatic heterocycles. The summed E-state index contributed by atoms with van der Waals surface area (Å²) in [6.45, 7) is 2.22. The maximum atomic E-state index is 10.6. The summed E-state index contributed by atoms with van der Waals surface area (Å²) in [5.41, 5.74) is 1.40. The van der Waals surface area contributed by atoms with Gasteiger partial charge >= 0.3 is 29.6 Å². The van der Waals surface area contributed by atoms with Crippen LogP contribution in [0.2, 0.25) is 0 Å². The fourth-order valence-corrected chi connectivity index (χ4v) is 1.65. The van der Waals surface area contributed by atoms with E-state index in [2.05, 4.69) is 6.92 Å². The Kier molecular flexibility index (Phi) is 18.1. The van der Waals surface area contributed by atoms with E-state index in [0.717, 1.165) is 12.8 Å². The van der Waals surface area contributed by atoms with Crippen LogP contribution in [0.25, 0.3) is 0 Å². The second-order valence-electron chi connectivity index (χ2n) is 4.10. The summed E-state index contributed by atoms with van der Waals surface area (Å²) in [5, 5.41) is 9.90. The smallest absolute Gasteiger partial charge is 0.759 e. The van der Waals surface area contributed by atoms with E-state index < -0.39 is 0 Å². The van der Waals surface area contributed by atoms with Crippen LogP contribution in [0.4, 0.5) is 0 Å². The second kappa shape index (κ2) is 15.4. The van der Waals surface area contributed by atoms with Crippen molar-refractivity contribution >= 4 is 5.91 Å². The van der Waals surface area contributed by atoms with E-state index in [-0.39, 0.29) is 35.5 Å². The minimum Gasteiger partial charge on any atom is -0.759 e. The molecule has 0 radical (unpaired) electrons. The van der Waals surface area contributed by atoms with Crippen LogP contribution < -0.4 is 35.0 Å². The quantitative estimate of drug-likeness (QED) is 0.342. The van der Waals surface area contributed by atoms with E-state index >= 15 is 0 Å². The average Bonchev–Trinajstić information content (AvgIpc) is 2.26. The summed E-state index contributed by atoms with van der Waals surface area (Å²) in [6.07, 6.45) is 11.4. The van der Waals surface area contributed by atoms with Crippen LogP contribution in [0.1, 0.15) is 71.1 Å². The van der Waals surface area contributed by atoms with Crippen LogP contribution in [-0.2, 0) is 4.79 Å². The van der Waals surface area contributed by atoms with Crippen LogP contribution >= 0.6 is 0 Å². The molecule has 0 fully saturated rings. The van der Waals surface area contributed by atoms with Crippen molar-refractivity contribution in [3.8, 4) is 0 Å². The van der Waals surface area contributed by atoms with Crippen LogP contribution in [0.15, 0.2) is 0 Å². The number of hydrogen-bond donors (Lipinski definition) is 1. The number of amides is 1. The van der Waals surface area contributed by atoms with Gasteiger partial charge in [-0.1, -0.05) is 58.3 Å². The molecule has 90 valence electrons. The van der Waals surface area contributed by atoms with Gasteiger partial charge in [-0.05, 0) is 6.42 Å². The van der Waals surface area contributed by atoms with Crippen molar-refractivity contribution in [2.75, 3.05) is 0 Å². The molecule has 16 heavy (non-hydrogen) atoms. The number of carbonyl (C=O) groups excluding carboxylic acids is 1. The molecule has 0 saturated carbocycles. The normalized spacial score (nSPS) is 9.62. The first kappa shape index (κ1) is 18.8. The molecular weight excluding hydrogens is 213 g/mol. The fourth-order valence-electron chi connectivity index (χ4n) is 1.65. The summed E-state index contributed by atoms with van der Waals surface area (Å²) in [7, 11) is 0. The van der Waals surface area contributed by atoms with Gasteiger partial charge in [0.15, 0.2) is 0 Å². The number of unbranched alkanes of at least 4 members (excludes halogenated alkanes) is 8. The third kappa shape index (κ3) is 14.4. The number of nitrogens with one attached hydrogen (secondary N) is 1. The van der Waals surface area contributed by atoms with Gasteiger partial charge in [0.1, 0.15) is 0 Å². The fraction of sp³-hybridized carbons (Fsp3) is 0.917. The van der Waals surface area contributed by atoms with Crippen molar-refractivity contribution in [3.05, 3.63) is 5.21 Å². The Morgan fingerprint density at radius 2 is 1.38 bits per heavy atom. The molecule has 1 N–H and O–H groups in total. The summed E-state index contributed by atoms with van der Waals surface area (Å²) in [6, 6.07) is 0. The Hall–Kier alpha value is 0.430. The number of carbonyl (C=O) groups is 1. The van der Waals surface area contributed by atoms with E-state index in [1.165, 1.54) is 50.4 Å².